The summed E-state index contributed by atoms with van der Waals surface area (Å²) in [4.78, 5) is 25.1. The Kier molecular flexibility index (Phi) is 4.18. The number of rotatable bonds is 5. The predicted octanol–water partition coefficient (Wildman–Crippen LogP) is 3.23. The molecule has 110 valence electrons. The lowest BCUT2D eigenvalue weighted by atomic mass is 10.1. The monoisotopic (exact) mass is 307 g/mol. The molecule has 1 unspecified atom stereocenters. The number of hydrogen-bond donors (Lipinski definition) is 2. The molecule has 8 heteroatoms. The molecule has 7 nitrogen and oxygen atoms in total. The Morgan fingerprint density at radius 3 is 2.76 bits per heavy atom. The van der Waals surface area contributed by atoms with E-state index in [2.05, 4.69) is 10.3 Å². The zero-order valence-corrected chi connectivity index (χ0v) is 12.2. The highest BCUT2D eigenvalue weighted by molar-refractivity contribution is 7.09. The number of carbonyl (C=O) groups is 1. The van der Waals surface area contributed by atoms with Crippen molar-refractivity contribution in [2.45, 2.75) is 19.9 Å². The van der Waals surface area contributed by atoms with Gasteiger partial charge in [0.1, 0.15) is 5.01 Å². The fourth-order valence-electron chi connectivity index (χ4n) is 1.80. The van der Waals surface area contributed by atoms with Crippen molar-refractivity contribution in [2.24, 2.45) is 0 Å². The molecule has 0 radical (unpaired) electrons. The molecule has 0 fully saturated rings. The van der Waals surface area contributed by atoms with Crippen molar-refractivity contribution >= 4 is 28.7 Å². The van der Waals surface area contributed by atoms with E-state index in [9.17, 15) is 14.9 Å². The van der Waals surface area contributed by atoms with E-state index in [1.165, 1.54) is 28.8 Å². The first-order valence-corrected chi connectivity index (χ1v) is 6.96. The summed E-state index contributed by atoms with van der Waals surface area (Å²) in [6.07, 6.45) is 0. The molecule has 1 aromatic carbocycles. The SMILES string of the molecule is Cc1cc([N+](=O)[O-])ccc1NC(C)c1nc(C(=O)O)cs1. The number of aromatic nitrogens is 1. The van der Waals surface area contributed by atoms with Gasteiger partial charge in [0.05, 0.1) is 11.0 Å². The lowest BCUT2D eigenvalue weighted by Crippen LogP contribution is -2.08. The molecule has 1 aromatic heterocycles. The first-order chi connectivity index (χ1) is 9.88. The Hall–Kier alpha value is -2.48. The van der Waals surface area contributed by atoms with E-state index >= 15 is 0 Å². The number of nitrogens with one attached hydrogen (secondary N) is 1. The molecule has 0 amide bonds. The topological polar surface area (TPSA) is 105 Å². The van der Waals surface area contributed by atoms with Gasteiger partial charge in [0.25, 0.3) is 5.69 Å². The number of aromatic carboxylic acids is 1. The lowest BCUT2D eigenvalue weighted by molar-refractivity contribution is -0.384. The molecular weight excluding hydrogens is 294 g/mol. The molecular formula is C13H13N3O4S. The Labute approximate surface area is 124 Å². The third-order valence-corrected chi connectivity index (χ3v) is 3.93. The van der Waals surface area contributed by atoms with E-state index in [4.69, 9.17) is 5.11 Å². The minimum absolute atomic E-state index is 0.0177. The third-order valence-electron chi connectivity index (χ3n) is 2.90. The van der Waals surface area contributed by atoms with Gasteiger partial charge < -0.3 is 10.4 Å². The van der Waals surface area contributed by atoms with E-state index in [0.29, 0.717) is 5.01 Å². The van der Waals surface area contributed by atoms with Crippen molar-refractivity contribution in [1.82, 2.24) is 4.98 Å². The van der Waals surface area contributed by atoms with Gasteiger partial charge >= 0.3 is 5.97 Å². The molecule has 0 bridgehead atoms. The molecule has 0 aliphatic rings. The number of nitro benzene ring substituents is 1. The number of anilines is 1. The Bertz CT molecular complexity index is 698. The maximum absolute atomic E-state index is 10.8. The van der Waals surface area contributed by atoms with Crippen LogP contribution in [0.1, 0.15) is 34.0 Å². The second kappa shape index (κ2) is 5.88. The Morgan fingerprint density at radius 2 is 2.24 bits per heavy atom. The van der Waals surface area contributed by atoms with E-state index in [1.807, 2.05) is 6.92 Å². The number of benzene rings is 1. The highest BCUT2D eigenvalue weighted by atomic mass is 32.1. The molecule has 0 aliphatic carbocycles. The summed E-state index contributed by atoms with van der Waals surface area (Å²) >= 11 is 1.26. The number of non-ortho nitro benzene ring substituents is 1. The molecule has 2 aromatic rings. The van der Waals surface area contributed by atoms with Gasteiger partial charge in [0.2, 0.25) is 0 Å². The second-order valence-corrected chi connectivity index (χ2v) is 5.39. The number of nitrogens with zero attached hydrogens (tertiary/aromatic N) is 2. The summed E-state index contributed by atoms with van der Waals surface area (Å²) in [5, 5.41) is 24.9. The number of aryl methyl sites for hydroxylation is 1. The molecule has 0 spiro atoms. The van der Waals surface area contributed by atoms with Crippen molar-refractivity contribution in [3.63, 3.8) is 0 Å². The largest absolute Gasteiger partial charge is 0.476 e. The van der Waals surface area contributed by atoms with Gasteiger partial charge in [0, 0.05) is 23.2 Å². The number of carboxylic acid groups (broad SMARTS) is 1. The predicted molar refractivity (Wildman–Crippen MR) is 78.9 cm³/mol. The highest BCUT2D eigenvalue weighted by Gasteiger charge is 2.15. The summed E-state index contributed by atoms with van der Waals surface area (Å²) in [5.74, 6) is -1.06. The number of thiazole rings is 1. The van der Waals surface area contributed by atoms with Crippen LogP contribution in [0.5, 0.6) is 0 Å². The minimum Gasteiger partial charge on any atom is -0.476 e. The van der Waals surface area contributed by atoms with Crippen molar-refractivity contribution in [3.8, 4) is 0 Å². The van der Waals surface area contributed by atoms with Gasteiger partial charge in [-0.3, -0.25) is 10.1 Å². The number of nitro groups is 1. The van der Waals surface area contributed by atoms with Crippen molar-refractivity contribution < 1.29 is 14.8 Å². The third kappa shape index (κ3) is 3.34. The van der Waals surface area contributed by atoms with Gasteiger partial charge in [-0.2, -0.15) is 0 Å². The van der Waals surface area contributed by atoms with E-state index in [-0.39, 0.29) is 17.4 Å². The second-order valence-electron chi connectivity index (χ2n) is 4.50. The van der Waals surface area contributed by atoms with Crippen LogP contribution in [0.3, 0.4) is 0 Å². The normalized spacial score (nSPS) is 11.9. The van der Waals surface area contributed by atoms with Crippen LogP contribution in [0.2, 0.25) is 0 Å². The first-order valence-electron chi connectivity index (χ1n) is 6.08. The lowest BCUT2D eigenvalue weighted by Gasteiger charge is -2.14. The zero-order chi connectivity index (χ0) is 15.6. The maximum Gasteiger partial charge on any atom is 0.355 e. The van der Waals surface area contributed by atoms with Gasteiger partial charge in [0.15, 0.2) is 5.69 Å². The van der Waals surface area contributed by atoms with Crippen molar-refractivity contribution in [3.05, 3.63) is 50.0 Å². The van der Waals surface area contributed by atoms with Crippen LogP contribution in [-0.2, 0) is 0 Å². The molecule has 0 saturated heterocycles. The molecule has 1 atom stereocenters. The van der Waals surface area contributed by atoms with Crippen molar-refractivity contribution in [1.29, 1.82) is 0 Å². The first kappa shape index (κ1) is 14.9. The van der Waals surface area contributed by atoms with Crippen LogP contribution in [0.15, 0.2) is 23.6 Å². The summed E-state index contributed by atoms with van der Waals surface area (Å²) < 4.78 is 0. The summed E-state index contributed by atoms with van der Waals surface area (Å²) in [5.41, 5.74) is 1.54. The number of hydrogen-bond acceptors (Lipinski definition) is 6. The molecule has 21 heavy (non-hydrogen) atoms. The fraction of sp³-hybridized carbons (Fsp3) is 0.231. The molecule has 2 N–H and O–H groups in total. The summed E-state index contributed by atoms with van der Waals surface area (Å²) in [7, 11) is 0. The molecule has 2 rings (SSSR count). The van der Waals surface area contributed by atoms with Crippen molar-refractivity contribution in [2.75, 3.05) is 5.32 Å². The zero-order valence-electron chi connectivity index (χ0n) is 11.4. The Morgan fingerprint density at radius 1 is 1.52 bits per heavy atom. The van der Waals surface area contributed by atoms with Gasteiger partial charge in [-0.05, 0) is 25.5 Å². The smallest absolute Gasteiger partial charge is 0.355 e. The van der Waals surface area contributed by atoms with Gasteiger partial charge in [-0.25, -0.2) is 9.78 Å². The maximum atomic E-state index is 10.8. The average Bonchev–Trinajstić information content (AvgIpc) is 2.90. The quantitative estimate of drug-likeness (QED) is 0.649. The van der Waals surface area contributed by atoms with Crippen LogP contribution >= 0.6 is 11.3 Å². The van der Waals surface area contributed by atoms with E-state index in [0.717, 1.165) is 11.3 Å². The van der Waals surface area contributed by atoms with Crippen LogP contribution in [0, 0.1) is 17.0 Å². The Balaban J connectivity index is 2.17. The number of carboxylic acids is 1. The molecule has 1 heterocycles. The van der Waals surface area contributed by atoms with Crippen LogP contribution in [0.25, 0.3) is 0 Å². The summed E-state index contributed by atoms with van der Waals surface area (Å²) in [6.45, 7) is 3.62. The van der Waals surface area contributed by atoms with Crippen LogP contribution in [-0.4, -0.2) is 21.0 Å². The van der Waals surface area contributed by atoms with E-state index in [1.54, 1.807) is 13.0 Å². The van der Waals surface area contributed by atoms with Crippen LogP contribution in [0.4, 0.5) is 11.4 Å². The standard InChI is InChI=1S/C13H13N3O4S/c1-7-5-9(16(19)20)3-4-10(7)14-8(2)12-15-11(6-21-12)13(17)18/h3-6,8,14H,1-2H3,(H,17,18). The van der Waals surface area contributed by atoms with E-state index < -0.39 is 10.9 Å². The molecule has 0 saturated carbocycles. The fourth-order valence-corrected chi connectivity index (χ4v) is 2.60. The van der Waals surface area contributed by atoms with Gasteiger partial charge in [-0.1, -0.05) is 0 Å². The highest BCUT2D eigenvalue weighted by Crippen LogP contribution is 2.26. The van der Waals surface area contributed by atoms with Crippen LogP contribution < -0.4 is 5.32 Å². The minimum atomic E-state index is -1.06. The summed E-state index contributed by atoms with van der Waals surface area (Å²) in [6, 6.07) is 4.35. The molecule has 0 aliphatic heterocycles. The average molecular weight is 307 g/mol. The van der Waals surface area contributed by atoms with Gasteiger partial charge in [-0.15, -0.1) is 11.3 Å².